The van der Waals surface area contributed by atoms with Crippen LogP contribution in [0, 0.1) is 0 Å². The summed E-state index contributed by atoms with van der Waals surface area (Å²) in [6.45, 7) is 6.51. The lowest BCUT2D eigenvalue weighted by atomic mass is 10.0. The Hall–Kier alpha value is -3.67. The first-order valence-corrected chi connectivity index (χ1v) is 34.2. The average molecular weight is 1110 g/mol. The van der Waals surface area contributed by atoms with Gasteiger partial charge in [0.05, 0.1) is 0 Å². The molecule has 0 aromatic carbocycles. The second-order valence-corrected chi connectivity index (χ2v) is 22.7. The van der Waals surface area contributed by atoms with E-state index in [-0.39, 0.29) is 31.1 Å². The van der Waals surface area contributed by atoms with Gasteiger partial charge in [0.2, 0.25) is 0 Å². The molecule has 0 amide bonds. The summed E-state index contributed by atoms with van der Waals surface area (Å²) in [4.78, 5) is 38.4. The van der Waals surface area contributed by atoms with Crippen LogP contribution in [-0.4, -0.2) is 37.2 Å². The van der Waals surface area contributed by atoms with E-state index >= 15 is 0 Å². The summed E-state index contributed by atoms with van der Waals surface area (Å²) in [6, 6.07) is 0. The van der Waals surface area contributed by atoms with E-state index in [1.807, 2.05) is 0 Å². The second-order valence-electron chi connectivity index (χ2n) is 22.7. The van der Waals surface area contributed by atoms with Crippen LogP contribution in [0.2, 0.25) is 0 Å². The first kappa shape index (κ1) is 76.3. The van der Waals surface area contributed by atoms with Crippen molar-refractivity contribution in [1.29, 1.82) is 0 Å². The highest BCUT2D eigenvalue weighted by Gasteiger charge is 2.19. The van der Waals surface area contributed by atoms with Crippen LogP contribution in [0.15, 0.2) is 97.2 Å². The topological polar surface area (TPSA) is 78.9 Å². The maximum atomic E-state index is 12.9. The van der Waals surface area contributed by atoms with Crippen LogP contribution in [0.3, 0.4) is 0 Å². The molecule has 0 rings (SSSR count). The predicted octanol–water partition coefficient (Wildman–Crippen LogP) is 23.6. The van der Waals surface area contributed by atoms with Gasteiger partial charge in [0.25, 0.3) is 0 Å². The van der Waals surface area contributed by atoms with E-state index in [9.17, 15) is 14.4 Å². The van der Waals surface area contributed by atoms with Gasteiger partial charge in [-0.15, -0.1) is 0 Å². The molecule has 1 unspecified atom stereocenters. The van der Waals surface area contributed by atoms with Crippen molar-refractivity contribution in [3.8, 4) is 0 Å². The lowest BCUT2D eigenvalue weighted by Gasteiger charge is -2.18. The number of hydrogen-bond donors (Lipinski definition) is 0. The second kappa shape index (κ2) is 67.8. The molecule has 0 aliphatic rings. The van der Waals surface area contributed by atoms with Crippen LogP contribution in [-0.2, 0) is 28.6 Å². The van der Waals surface area contributed by atoms with Crippen molar-refractivity contribution in [1.82, 2.24) is 0 Å². The molecular formula is C74H128O6. The zero-order valence-electron chi connectivity index (χ0n) is 52.8. The molecule has 460 valence electrons. The van der Waals surface area contributed by atoms with E-state index in [2.05, 4.69) is 118 Å². The van der Waals surface area contributed by atoms with E-state index in [1.54, 1.807) is 0 Å². The third-order valence-corrected chi connectivity index (χ3v) is 14.8. The van der Waals surface area contributed by atoms with E-state index < -0.39 is 6.10 Å². The standard InChI is InChI=1S/C74H128O6/c1-4-7-10-13-16-19-22-25-27-29-31-32-33-34-35-36-37-38-39-40-41-42-43-45-46-49-52-55-58-61-64-67-73(76)79-70-71(69-78-72(75)66-63-60-57-54-51-48-24-21-18-15-12-9-6-3)80-74(77)68-65-62-59-56-53-50-47-44-30-28-26-23-20-17-14-11-8-5-2/h7,10,16,19-21,23-25,27-28,30-32,34-35,71H,4-6,8-9,11-15,17-18,22,26,29,33,36-70H2,1-3H3/b10-7-,19-16-,23-20-,24-21-,27-25-,30-28-,32-31-,35-34-. The molecule has 0 saturated carbocycles. The minimum atomic E-state index is -0.785. The number of allylic oxidation sites excluding steroid dienone is 16. The van der Waals surface area contributed by atoms with Gasteiger partial charge < -0.3 is 14.2 Å². The maximum absolute atomic E-state index is 12.9. The average Bonchev–Trinajstić information content (AvgIpc) is 3.46. The molecule has 80 heavy (non-hydrogen) atoms. The summed E-state index contributed by atoms with van der Waals surface area (Å²) in [5.74, 6) is -0.884. The molecule has 0 radical (unpaired) electrons. The van der Waals surface area contributed by atoms with Gasteiger partial charge in [-0.3, -0.25) is 14.4 Å². The van der Waals surface area contributed by atoms with Crippen molar-refractivity contribution < 1.29 is 28.6 Å². The molecule has 0 aliphatic carbocycles. The van der Waals surface area contributed by atoms with Gasteiger partial charge in [0.1, 0.15) is 13.2 Å². The Balaban J connectivity index is 4.23. The molecule has 6 heteroatoms. The van der Waals surface area contributed by atoms with Crippen LogP contribution in [0.1, 0.15) is 335 Å². The molecule has 0 aromatic heterocycles. The third kappa shape index (κ3) is 65.1. The minimum Gasteiger partial charge on any atom is -0.462 e. The smallest absolute Gasteiger partial charge is 0.306 e. The Morgan fingerprint density at radius 2 is 0.487 bits per heavy atom. The molecule has 0 spiro atoms. The molecule has 0 N–H and O–H groups in total. The van der Waals surface area contributed by atoms with Gasteiger partial charge in [0.15, 0.2) is 6.10 Å². The van der Waals surface area contributed by atoms with Crippen molar-refractivity contribution in [2.24, 2.45) is 0 Å². The molecule has 0 bridgehead atoms. The molecule has 0 aromatic rings. The lowest BCUT2D eigenvalue weighted by Crippen LogP contribution is -2.30. The molecule has 1 atom stereocenters. The van der Waals surface area contributed by atoms with Gasteiger partial charge >= 0.3 is 17.9 Å². The predicted molar refractivity (Wildman–Crippen MR) is 348 cm³/mol. The Morgan fingerprint density at radius 3 is 0.775 bits per heavy atom. The van der Waals surface area contributed by atoms with Crippen LogP contribution < -0.4 is 0 Å². The van der Waals surface area contributed by atoms with Crippen molar-refractivity contribution in [2.45, 2.75) is 341 Å². The van der Waals surface area contributed by atoms with Gasteiger partial charge in [-0.2, -0.15) is 0 Å². The summed E-state index contributed by atoms with van der Waals surface area (Å²) >= 11 is 0. The number of unbranched alkanes of at least 4 members (excludes halogenated alkanes) is 35. The van der Waals surface area contributed by atoms with Crippen LogP contribution in [0.4, 0.5) is 0 Å². The highest BCUT2D eigenvalue weighted by atomic mass is 16.6. The largest absolute Gasteiger partial charge is 0.462 e. The monoisotopic (exact) mass is 1110 g/mol. The summed E-state index contributed by atoms with van der Waals surface area (Å²) in [5, 5.41) is 0. The molecule has 0 heterocycles. The highest BCUT2D eigenvalue weighted by Crippen LogP contribution is 2.17. The molecule has 0 saturated heterocycles. The highest BCUT2D eigenvalue weighted by molar-refractivity contribution is 5.71. The van der Waals surface area contributed by atoms with Gasteiger partial charge in [-0.05, 0) is 122 Å². The van der Waals surface area contributed by atoms with Crippen molar-refractivity contribution in [3.05, 3.63) is 97.2 Å². The Kier molecular flexibility index (Phi) is 64.7. The maximum Gasteiger partial charge on any atom is 0.306 e. The number of hydrogen-bond acceptors (Lipinski definition) is 6. The number of esters is 3. The number of carbonyl (C=O) groups excluding carboxylic acids is 3. The third-order valence-electron chi connectivity index (χ3n) is 14.8. The Morgan fingerprint density at radius 1 is 0.263 bits per heavy atom. The fourth-order valence-corrected chi connectivity index (χ4v) is 9.67. The Labute approximate surface area is 496 Å². The summed E-state index contributed by atoms with van der Waals surface area (Å²) in [5.41, 5.74) is 0. The molecule has 6 nitrogen and oxygen atoms in total. The van der Waals surface area contributed by atoms with Crippen molar-refractivity contribution in [3.63, 3.8) is 0 Å². The van der Waals surface area contributed by atoms with E-state index in [1.165, 1.54) is 186 Å². The van der Waals surface area contributed by atoms with Gasteiger partial charge in [0, 0.05) is 19.3 Å². The quantitative estimate of drug-likeness (QED) is 0.0261. The van der Waals surface area contributed by atoms with Crippen LogP contribution >= 0.6 is 0 Å². The van der Waals surface area contributed by atoms with Crippen molar-refractivity contribution in [2.75, 3.05) is 13.2 Å². The van der Waals surface area contributed by atoms with Gasteiger partial charge in [-0.1, -0.05) is 291 Å². The van der Waals surface area contributed by atoms with E-state index in [0.29, 0.717) is 19.3 Å². The first-order valence-electron chi connectivity index (χ1n) is 34.2. The molecule has 0 aliphatic heterocycles. The lowest BCUT2D eigenvalue weighted by molar-refractivity contribution is -0.167. The fraction of sp³-hybridized carbons (Fsp3) is 0.743. The minimum absolute atomic E-state index is 0.0809. The normalized spacial score (nSPS) is 12.7. The molecule has 0 fully saturated rings. The SMILES string of the molecule is CC/C=C\C/C=C\C/C=C\C/C=C\C/C=C\CCCCCCCCCCCCCCCCCC(=O)OCC(COC(=O)CCCCCCC/C=C\CCCCCC)OC(=O)CCCCCCCCC/C=C\C/C=C\CCCCCC. The van der Waals surface area contributed by atoms with E-state index in [4.69, 9.17) is 14.2 Å². The summed E-state index contributed by atoms with van der Waals surface area (Å²) in [7, 11) is 0. The summed E-state index contributed by atoms with van der Waals surface area (Å²) in [6.07, 6.45) is 91.4. The van der Waals surface area contributed by atoms with Crippen LogP contribution in [0.25, 0.3) is 0 Å². The zero-order chi connectivity index (χ0) is 57.8. The van der Waals surface area contributed by atoms with Crippen molar-refractivity contribution >= 4 is 17.9 Å². The summed E-state index contributed by atoms with van der Waals surface area (Å²) < 4.78 is 16.9. The van der Waals surface area contributed by atoms with Gasteiger partial charge in [-0.25, -0.2) is 0 Å². The molecular weight excluding hydrogens is 985 g/mol. The number of rotatable bonds is 62. The van der Waals surface area contributed by atoms with E-state index in [0.717, 1.165) is 109 Å². The number of carbonyl (C=O) groups is 3. The van der Waals surface area contributed by atoms with Crippen LogP contribution in [0.5, 0.6) is 0 Å². The fourth-order valence-electron chi connectivity index (χ4n) is 9.67. The number of ether oxygens (including phenoxy) is 3. The first-order chi connectivity index (χ1) is 39.5. The Bertz CT molecular complexity index is 1560. The zero-order valence-corrected chi connectivity index (χ0v) is 52.8.